The fraction of sp³-hybridized carbons (Fsp3) is 0.548. The number of aryl methyl sites for hydroxylation is 1. The fourth-order valence-corrected chi connectivity index (χ4v) is 5.49. The molecule has 2 aromatic rings. The molecule has 2 aromatic carbocycles. The summed E-state index contributed by atoms with van der Waals surface area (Å²) in [5, 5.41) is 12.2. The van der Waals surface area contributed by atoms with Crippen LogP contribution in [0.25, 0.3) is 0 Å². The van der Waals surface area contributed by atoms with Gasteiger partial charge in [0.2, 0.25) is 0 Å². The van der Waals surface area contributed by atoms with E-state index in [4.69, 9.17) is 9.47 Å². The molecule has 0 aromatic heterocycles. The van der Waals surface area contributed by atoms with Crippen LogP contribution in [-0.4, -0.2) is 53.2 Å². The van der Waals surface area contributed by atoms with Crippen molar-refractivity contribution in [3.8, 4) is 11.5 Å². The number of carbonyl (C=O) groups is 2. The minimum absolute atomic E-state index is 0. The van der Waals surface area contributed by atoms with Gasteiger partial charge in [0, 0.05) is 24.9 Å². The van der Waals surface area contributed by atoms with E-state index in [-0.39, 0.29) is 31.0 Å². The molecular formula is C31H41F2N2NaO5. The number of rotatable bonds is 14. The van der Waals surface area contributed by atoms with Gasteiger partial charge >= 0.3 is 41.6 Å². The molecule has 0 unspecified atom stereocenters. The van der Waals surface area contributed by atoms with Crippen LogP contribution in [0.3, 0.4) is 0 Å². The van der Waals surface area contributed by atoms with Crippen LogP contribution in [0.4, 0.5) is 13.6 Å². The molecule has 2 aliphatic rings. The molecule has 41 heavy (non-hydrogen) atoms. The van der Waals surface area contributed by atoms with Gasteiger partial charge < -0.3 is 26.2 Å². The Morgan fingerprint density at radius 2 is 1.66 bits per heavy atom. The molecule has 4 rings (SSSR count). The van der Waals surface area contributed by atoms with Crippen molar-refractivity contribution in [2.75, 3.05) is 19.8 Å². The van der Waals surface area contributed by atoms with E-state index in [1.54, 1.807) is 4.90 Å². The quantitative estimate of drug-likeness (QED) is 0.261. The molecule has 2 N–H and O–H groups in total. The third kappa shape index (κ3) is 8.14. The smallest absolute Gasteiger partial charge is 1.00 e. The van der Waals surface area contributed by atoms with Gasteiger partial charge in [0.05, 0.1) is 19.3 Å². The first-order valence-electron chi connectivity index (χ1n) is 14.3. The van der Waals surface area contributed by atoms with E-state index in [1.807, 2.05) is 63.2 Å². The standard InChI is InChI=1S/C31H40F2N2O5.Na.H/c1-4-39-25-17-24(18-26(40-5-2)27(25)23-14-15-23)21(3)35(16-10-9-13-22-11-7-6-8-12-22)29(38)34-30(28(36)37)19-31(32,33)20-30;;/h6-8,11-12,17-18,21,23H,4-5,9-10,13-16,19-20H2,1-3H3,(H,34,38)(H,36,37);;/q;+1;-1/t21-;;/m1../s1. The Morgan fingerprint density at radius 1 is 1.07 bits per heavy atom. The van der Waals surface area contributed by atoms with E-state index in [0.29, 0.717) is 32.1 Å². The Bertz CT molecular complexity index is 1160. The zero-order valence-corrected chi connectivity index (χ0v) is 26.6. The van der Waals surface area contributed by atoms with E-state index >= 15 is 0 Å². The van der Waals surface area contributed by atoms with Crippen molar-refractivity contribution in [3.05, 3.63) is 59.2 Å². The Hall–Kier alpha value is -2.36. The Morgan fingerprint density at radius 3 is 2.15 bits per heavy atom. The van der Waals surface area contributed by atoms with Gasteiger partial charge in [-0.2, -0.15) is 0 Å². The van der Waals surface area contributed by atoms with Gasteiger partial charge in [0.25, 0.3) is 5.92 Å². The second kappa shape index (κ2) is 14.2. The van der Waals surface area contributed by atoms with Crippen molar-refractivity contribution in [2.24, 2.45) is 0 Å². The number of unbranched alkanes of at least 4 members (excludes halogenated alkanes) is 1. The number of urea groups is 1. The normalized spacial score (nSPS) is 17.4. The first-order valence-corrected chi connectivity index (χ1v) is 14.3. The number of alkyl halides is 2. The van der Waals surface area contributed by atoms with Crippen molar-refractivity contribution in [3.63, 3.8) is 0 Å². The number of hydrogen-bond acceptors (Lipinski definition) is 4. The summed E-state index contributed by atoms with van der Waals surface area (Å²) in [5.74, 6) is -2.74. The minimum Gasteiger partial charge on any atom is -1.00 e. The Labute approximate surface area is 264 Å². The summed E-state index contributed by atoms with van der Waals surface area (Å²) in [4.78, 5) is 27.1. The van der Waals surface area contributed by atoms with Gasteiger partial charge in [-0.1, -0.05) is 30.3 Å². The average molecular weight is 583 g/mol. The van der Waals surface area contributed by atoms with Crippen LogP contribution < -0.4 is 44.3 Å². The number of halogens is 2. The first-order chi connectivity index (χ1) is 19.1. The van der Waals surface area contributed by atoms with Crippen LogP contribution in [-0.2, 0) is 11.2 Å². The Kier molecular flexibility index (Phi) is 11.5. The maximum atomic E-state index is 13.8. The zero-order chi connectivity index (χ0) is 28.9. The third-order valence-corrected chi connectivity index (χ3v) is 7.76. The summed E-state index contributed by atoms with van der Waals surface area (Å²) < 4.78 is 39.5. The molecule has 2 fully saturated rings. The van der Waals surface area contributed by atoms with E-state index in [1.165, 1.54) is 5.56 Å². The molecular weight excluding hydrogens is 541 g/mol. The molecule has 7 nitrogen and oxygen atoms in total. The number of nitrogens with zero attached hydrogens (tertiary/aromatic N) is 1. The monoisotopic (exact) mass is 582 g/mol. The SMILES string of the molecule is CCOc1cc([C@@H](C)N(CCCCc2ccccc2)C(=O)NC2(C(=O)O)CC(F)(F)C2)cc(OCC)c1C1CC1.[H-].[Na+]. The molecule has 0 saturated heterocycles. The predicted octanol–water partition coefficient (Wildman–Crippen LogP) is 3.83. The predicted molar refractivity (Wildman–Crippen MR) is 149 cm³/mol. The largest absolute Gasteiger partial charge is 1.00 e. The third-order valence-electron chi connectivity index (χ3n) is 7.76. The summed E-state index contributed by atoms with van der Waals surface area (Å²) in [6.45, 7) is 6.96. The maximum Gasteiger partial charge on any atom is 1.00 e. The van der Waals surface area contributed by atoms with Crippen molar-refractivity contribution >= 4 is 12.0 Å². The minimum atomic E-state index is -3.12. The number of aliphatic carboxylic acids is 1. The van der Waals surface area contributed by atoms with E-state index < -0.39 is 42.3 Å². The van der Waals surface area contributed by atoms with Gasteiger partial charge in [-0.25, -0.2) is 18.4 Å². The van der Waals surface area contributed by atoms with Crippen LogP contribution in [0.1, 0.15) is 89.4 Å². The number of ether oxygens (including phenoxy) is 2. The number of nitrogens with one attached hydrogen (secondary N) is 1. The van der Waals surface area contributed by atoms with Gasteiger partial charge in [-0.05, 0) is 82.1 Å². The number of hydrogen-bond donors (Lipinski definition) is 2. The van der Waals surface area contributed by atoms with Crippen LogP contribution in [0.2, 0.25) is 0 Å². The second-order valence-corrected chi connectivity index (χ2v) is 10.9. The van der Waals surface area contributed by atoms with Crippen LogP contribution in [0.15, 0.2) is 42.5 Å². The van der Waals surface area contributed by atoms with Crippen LogP contribution >= 0.6 is 0 Å². The van der Waals surface area contributed by atoms with Crippen LogP contribution in [0, 0.1) is 0 Å². The summed E-state index contributed by atoms with van der Waals surface area (Å²) in [7, 11) is 0. The number of carboxylic acid groups (broad SMARTS) is 1. The van der Waals surface area contributed by atoms with Gasteiger partial charge in [0.15, 0.2) is 5.54 Å². The topological polar surface area (TPSA) is 88.1 Å². The van der Waals surface area contributed by atoms with Gasteiger partial charge in [0.1, 0.15) is 11.5 Å². The molecule has 0 spiro atoms. The van der Waals surface area contributed by atoms with Crippen LogP contribution in [0.5, 0.6) is 11.5 Å². The van der Waals surface area contributed by atoms with E-state index in [2.05, 4.69) is 5.32 Å². The van der Waals surface area contributed by atoms with Crippen molar-refractivity contribution in [2.45, 2.75) is 89.1 Å². The second-order valence-electron chi connectivity index (χ2n) is 10.9. The molecule has 2 saturated carbocycles. The molecule has 1 atom stereocenters. The summed E-state index contributed by atoms with van der Waals surface area (Å²) in [6, 6.07) is 12.7. The molecule has 2 aliphatic carbocycles. The number of amides is 2. The zero-order valence-electron chi connectivity index (χ0n) is 25.6. The Balaban J connectivity index is 0.00000308. The summed E-state index contributed by atoms with van der Waals surface area (Å²) >= 11 is 0. The number of carboxylic acids is 1. The maximum absolute atomic E-state index is 13.8. The van der Waals surface area contributed by atoms with Crippen molar-refractivity contribution < 1.29 is 63.9 Å². The molecule has 10 heteroatoms. The van der Waals surface area contributed by atoms with Crippen molar-refractivity contribution in [1.82, 2.24) is 10.2 Å². The summed E-state index contributed by atoms with van der Waals surface area (Å²) in [5.41, 5.74) is 1.02. The van der Waals surface area contributed by atoms with Crippen molar-refractivity contribution in [1.29, 1.82) is 0 Å². The number of carbonyl (C=O) groups excluding carboxylic acids is 1. The van der Waals surface area contributed by atoms with E-state index in [0.717, 1.165) is 48.3 Å². The molecule has 0 heterocycles. The van der Waals surface area contributed by atoms with Gasteiger partial charge in [-0.3, -0.25) is 0 Å². The number of benzene rings is 2. The summed E-state index contributed by atoms with van der Waals surface area (Å²) in [6.07, 6.45) is 2.57. The van der Waals surface area contributed by atoms with Gasteiger partial charge in [-0.15, -0.1) is 0 Å². The molecule has 0 radical (unpaired) electrons. The average Bonchev–Trinajstić information content (AvgIpc) is 3.73. The molecule has 2 amide bonds. The molecule has 0 bridgehead atoms. The first kappa shape index (κ1) is 33.1. The molecule has 0 aliphatic heterocycles. The fourth-order valence-electron chi connectivity index (χ4n) is 5.49. The van der Waals surface area contributed by atoms with E-state index in [9.17, 15) is 23.5 Å². The molecule has 220 valence electrons.